The van der Waals surface area contributed by atoms with Gasteiger partial charge in [0.1, 0.15) is 12.4 Å². The van der Waals surface area contributed by atoms with Crippen LogP contribution >= 0.6 is 11.3 Å². The number of nitrogens with zero attached hydrogens (tertiary/aromatic N) is 2. The van der Waals surface area contributed by atoms with E-state index in [2.05, 4.69) is 15.5 Å². The van der Waals surface area contributed by atoms with E-state index in [-0.39, 0.29) is 12.3 Å². The molecule has 1 aromatic carbocycles. The summed E-state index contributed by atoms with van der Waals surface area (Å²) >= 11 is 1.50. The lowest BCUT2D eigenvalue weighted by molar-refractivity contribution is -0.307. The average molecular weight is 346 g/mol. The Morgan fingerprint density at radius 3 is 2.62 bits per heavy atom. The second-order valence-corrected chi connectivity index (χ2v) is 6.01. The molecule has 0 atom stereocenters. The van der Waals surface area contributed by atoms with Crippen LogP contribution in [0.3, 0.4) is 0 Å². The Balaban J connectivity index is 1.90. The summed E-state index contributed by atoms with van der Waals surface area (Å²) in [5, 5.41) is 17.1. The minimum atomic E-state index is -1.28. The number of aromatic nitrogens is 1. The number of thiazole rings is 1. The van der Waals surface area contributed by atoms with Crippen LogP contribution in [0.1, 0.15) is 23.2 Å². The number of carbonyl (C=O) groups is 2. The van der Waals surface area contributed by atoms with Crippen LogP contribution in [0.4, 0.5) is 0 Å². The van der Waals surface area contributed by atoms with E-state index < -0.39 is 12.6 Å². The Bertz CT molecular complexity index is 753. The zero-order valence-corrected chi connectivity index (χ0v) is 14.1. The fraction of sp³-hybridized carbons (Fsp3) is 0.250. The molecular formula is C16H16N3O4S-. The number of hydrogen-bond donors (Lipinski definition) is 1. The van der Waals surface area contributed by atoms with E-state index in [1.165, 1.54) is 11.3 Å². The molecule has 126 valence electrons. The molecule has 0 bridgehead atoms. The molecule has 2 aromatic rings. The largest absolute Gasteiger partial charge is 0.546 e. The van der Waals surface area contributed by atoms with Gasteiger partial charge in [0.2, 0.25) is 5.91 Å². The average Bonchev–Trinajstić information content (AvgIpc) is 2.96. The molecule has 8 heteroatoms. The zero-order valence-electron chi connectivity index (χ0n) is 13.2. The molecule has 1 heterocycles. The van der Waals surface area contributed by atoms with Crippen LogP contribution in [0.5, 0.6) is 5.75 Å². The Labute approximate surface area is 143 Å². The predicted molar refractivity (Wildman–Crippen MR) is 87.9 cm³/mol. The van der Waals surface area contributed by atoms with Gasteiger partial charge in [-0.05, 0) is 43.7 Å². The molecule has 0 fully saturated rings. The first kappa shape index (κ1) is 17.6. The molecule has 1 N–H and O–H groups in total. The maximum Gasteiger partial charge on any atom is 0.246 e. The summed E-state index contributed by atoms with van der Waals surface area (Å²) in [5.74, 6) is -1.11. The lowest BCUT2D eigenvalue weighted by atomic mass is 10.1. The van der Waals surface area contributed by atoms with Gasteiger partial charge in [0.05, 0.1) is 28.8 Å². The van der Waals surface area contributed by atoms with Gasteiger partial charge < -0.3 is 14.6 Å². The van der Waals surface area contributed by atoms with E-state index in [1.54, 1.807) is 31.2 Å². The van der Waals surface area contributed by atoms with Crippen LogP contribution in [0.15, 0.2) is 34.7 Å². The van der Waals surface area contributed by atoms with Crippen molar-refractivity contribution in [3.05, 3.63) is 45.9 Å². The summed E-state index contributed by atoms with van der Waals surface area (Å²) in [6, 6.07) is 6.69. The Hall–Kier alpha value is -2.74. The number of amides is 1. The van der Waals surface area contributed by atoms with E-state index >= 15 is 0 Å². The molecule has 0 unspecified atom stereocenters. The lowest BCUT2D eigenvalue weighted by Gasteiger charge is -2.07. The van der Waals surface area contributed by atoms with Gasteiger partial charge in [0.15, 0.2) is 0 Å². The summed E-state index contributed by atoms with van der Waals surface area (Å²) in [4.78, 5) is 26.4. The number of carbonyl (C=O) groups excluding carboxylic acids is 2. The Morgan fingerprint density at radius 2 is 2.04 bits per heavy atom. The van der Waals surface area contributed by atoms with Crippen LogP contribution in [-0.4, -0.2) is 29.2 Å². The number of hydrazone groups is 1. The second kappa shape index (κ2) is 8.21. The van der Waals surface area contributed by atoms with E-state index in [4.69, 9.17) is 4.74 Å². The number of carboxylic acids is 1. The van der Waals surface area contributed by atoms with Gasteiger partial charge in [0.25, 0.3) is 0 Å². The summed E-state index contributed by atoms with van der Waals surface area (Å²) in [5.41, 5.74) is 4.60. The third-order valence-electron chi connectivity index (χ3n) is 2.99. The maximum absolute atomic E-state index is 11.8. The number of ether oxygens (including phenoxy) is 1. The van der Waals surface area contributed by atoms with Crippen molar-refractivity contribution in [3.8, 4) is 5.75 Å². The van der Waals surface area contributed by atoms with Crippen LogP contribution < -0.4 is 15.3 Å². The first-order chi connectivity index (χ1) is 11.4. The molecule has 0 radical (unpaired) electrons. The Kier molecular flexibility index (Phi) is 6.02. The van der Waals surface area contributed by atoms with Crippen molar-refractivity contribution < 1.29 is 19.4 Å². The number of carboxylic acid groups (broad SMARTS) is 1. The van der Waals surface area contributed by atoms with Gasteiger partial charge in [0, 0.05) is 5.38 Å². The van der Waals surface area contributed by atoms with Crippen molar-refractivity contribution in [2.75, 3.05) is 6.61 Å². The van der Waals surface area contributed by atoms with Crippen molar-refractivity contribution in [2.24, 2.45) is 5.10 Å². The molecular weight excluding hydrogens is 330 g/mol. The maximum atomic E-state index is 11.8. The van der Waals surface area contributed by atoms with Crippen LogP contribution in [0.2, 0.25) is 0 Å². The van der Waals surface area contributed by atoms with Crippen LogP contribution in [-0.2, 0) is 16.0 Å². The summed E-state index contributed by atoms with van der Waals surface area (Å²) in [6.07, 6.45) is 0.178. The number of rotatable bonds is 7. The van der Waals surface area contributed by atoms with E-state index in [0.29, 0.717) is 11.5 Å². The molecule has 2 rings (SSSR count). The van der Waals surface area contributed by atoms with Gasteiger partial charge in [-0.1, -0.05) is 0 Å². The molecule has 0 aliphatic rings. The van der Waals surface area contributed by atoms with Gasteiger partial charge in [-0.3, -0.25) is 4.79 Å². The smallest absolute Gasteiger partial charge is 0.246 e. The van der Waals surface area contributed by atoms with E-state index in [9.17, 15) is 14.7 Å². The topological polar surface area (TPSA) is 104 Å². The summed E-state index contributed by atoms with van der Waals surface area (Å²) in [6.45, 7) is 3.14. The summed E-state index contributed by atoms with van der Waals surface area (Å²) in [7, 11) is 0. The van der Waals surface area contributed by atoms with Crippen molar-refractivity contribution in [1.82, 2.24) is 10.4 Å². The van der Waals surface area contributed by atoms with Crippen molar-refractivity contribution in [1.29, 1.82) is 0 Å². The first-order valence-corrected chi connectivity index (χ1v) is 7.99. The third-order valence-corrected chi connectivity index (χ3v) is 3.81. The van der Waals surface area contributed by atoms with Crippen LogP contribution in [0.25, 0.3) is 0 Å². The minimum absolute atomic E-state index is 0.178. The second-order valence-electron chi connectivity index (χ2n) is 4.95. The molecule has 0 saturated carbocycles. The monoisotopic (exact) mass is 346 g/mol. The lowest BCUT2D eigenvalue weighted by Crippen LogP contribution is -2.28. The highest BCUT2D eigenvalue weighted by molar-refractivity contribution is 7.09. The Morgan fingerprint density at radius 1 is 1.33 bits per heavy atom. The molecule has 0 saturated heterocycles. The molecule has 0 aliphatic carbocycles. The number of hydrogen-bond acceptors (Lipinski definition) is 7. The van der Waals surface area contributed by atoms with Crippen molar-refractivity contribution in [2.45, 2.75) is 20.3 Å². The van der Waals surface area contributed by atoms with Gasteiger partial charge in [-0.2, -0.15) is 5.10 Å². The minimum Gasteiger partial charge on any atom is -0.546 e. The van der Waals surface area contributed by atoms with Gasteiger partial charge in [-0.15, -0.1) is 11.3 Å². The van der Waals surface area contributed by atoms with E-state index in [0.717, 1.165) is 16.3 Å². The van der Waals surface area contributed by atoms with Crippen LogP contribution in [0, 0.1) is 6.92 Å². The quantitative estimate of drug-likeness (QED) is 0.586. The SMILES string of the molecule is C/C(=N/NC(=O)Cc1csc(C)n1)c1ccc(OCC(=O)[O-])cc1. The predicted octanol–water partition coefficient (Wildman–Crippen LogP) is 0.663. The third kappa shape index (κ3) is 5.47. The normalized spacial score (nSPS) is 11.2. The van der Waals surface area contributed by atoms with Crippen molar-refractivity contribution >= 4 is 28.9 Å². The molecule has 24 heavy (non-hydrogen) atoms. The number of benzene rings is 1. The fourth-order valence-corrected chi connectivity index (χ4v) is 2.45. The molecule has 7 nitrogen and oxygen atoms in total. The number of aliphatic carboxylic acids is 1. The molecule has 1 amide bonds. The highest BCUT2D eigenvalue weighted by Crippen LogP contribution is 2.13. The molecule has 1 aromatic heterocycles. The first-order valence-electron chi connectivity index (χ1n) is 7.11. The zero-order chi connectivity index (χ0) is 17.5. The summed E-state index contributed by atoms with van der Waals surface area (Å²) < 4.78 is 4.99. The van der Waals surface area contributed by atoms with Crippen molar-refractivity contribution in [3.63, 3.8) is 0 Å². The van der Waals surface area contributed by atoms with E-state index in [1.807, 2.05) is 12.3 Å². The molecule has 0 spiro atoms. The number of aryl methyl sites for hydroxylation is 1. The number of nitrogens with one attached hydrogen (secondary N) is 1. The molecule has 0 aliphatic heterocycles. The standard InChI is InChI=1S/C16H17N3O4S/c1-10(12-3-5-14(6-4-12)23-8-16(21)22)18-19-15(20)7-13-9-24-11(2)17-13/h3-6,9H,7-8H2,1-2H3,(H,19,20)(H,21,22)/p-1/b18-10-. The fourth-order valence-electron chi connectivity index (χ4n) is 1.84. The highest BCUT2D eigenvalue weighted by Gasteiger charge is 2.06. The highest BCUT2D eigenvalue weighted by atomic mass is 32.1. The van der Waals surface area contributed by atoms with Gasteiger partial charge in [-0.25, -0.2) is 10.4 Å². The van der Waals surface area contributed by atoms with Gasteiger partial charge >= 0.3 is 0 Å².